The van der Waals surface area contributed by atoms with Crippen LogP contribution < -0.4 is 15.5 Å². The van der Waals surface area contributed by atoms with E-state index in [1.165, 1.54) is 0 Å². The summed E-state index contributed by atoms with van der Waals surface area (Å²) in [7, 11) is 0. The smallest absolute Gasteiger partial charge is 0.258 e. The number of nitrogens with one attached hydrogen (secondary N) is 2. The fourth-order valence-corrected chi connectivity index (χ4v) is 4.65. The molecule has 0 aliphatic carbocycles. The lowest BCUT2D eigenvalue weighted by atomic mass is 10.1. The Morgan fingerprint density at radius 3 is 2.18 bits per heavy atom. The molecule has 0 radical (unpaired) electrons. The number of anilines is 2. The first-order valence-corrected chi connectivity index (χ1v) is 12.5. The number of carbonyl (C=O) groups excluding carboxylic acids is 2. The molecule has 3 aromatic rings. The molecule has 1 fully saturated rings. The summed E-state index contributed by atoms with van der Waals surface area (Å²) in [4.78, 5) is 29.2. The molecule has 9 heteroatoms. The van der Waals surface area contributed by atoms with E-state index >= 15 is 0 Å². The summed E-state index contributed by atoms with van der Waals surface area (Å²) in [6, 6.07) is 22.2. The van der Waals surface area contributed by atoms with Crippen molar-refractivity contribution in [1.29, 1.82) is 0 Å². The minimum absolute atomic E-state index is 0.0246. The molecular formula is C25H22ClIN4O2S. The van der Waals surface area contributed by atoms with Gasteiger partial charge in [-0.2, -0.15) is 0 Å². The van der Waals surface area contributed by atoms with E-state index in [1.807, 2.05) is 47.4 Å². The van der Waals surface area contributed by atoms with Crippen molar-refractivity contribution >= 4 is 74.7 Å². The highest BCUT2D eigenvalue weighted by Gasteiger charge is 2.22. The lowest BCUT2D eigenvalue weighted by Gasteiger charge is -2.36. The predicted molar refractivity (Wildman–Crippen MR) is 149 cm³/mol. The molecule has 2 amide bonds. The van der Waals surface area contributed by atoms with E-state index in [0.717, 1.165) is 28.0 Å². The maximum Gasteiger partial charge on any atom is 0.258 e. The van der Waals surface area contributed by atoms with Gasteiger partial charge in [-0.15, -0.1) is 0 Å². The zero-order valence-corrected chi connectivity index (χ0v) is 21.9. The Hall–Kier alpha value is -2.69. The molecule has 0 aromatic heterocycles. The number of benzene rings is 3. The number of carbonyl (C=O) groups is 2. The number of nitrogens with zero attached hydrogens (tertiary/aromatic N) is 2. The average molecular weight is 605 g/mol. The Labute approximate surface area is 222 Å². The standard InChI is InChI=1S/C25H22ClIN4O2S/c26-18-7-5-17(6-8-18)24(33)31-15-13-30(14-16-31)20-11-9-19(10-12-20)28-25(34)29-23(32)21-3-1-2-4-22(21)27/h1-12H,13-16H2,(H2,28,29,32,34). The van der Waals surface area contributed by atoms with Gasteiger partial charge < -0.3 is 15.1 Å². The van der Waals surface area contributed by atoms with Gasteiger partial charge in [-0.25, -0.2) is 0 Å². The molecule has 0 saturated carbocycles. The van der Waals surface area contributed by atoms with Gasteiger partial charge in [-0.05, 0) is 95.5 Å². The third kappa shape index (κ3) is 6.05. The van der Waals surface area contributed by atoms with Crippen LogP contribution in [0.4, 0.5) is 11.4 Å². The van der Waals surface area contributed by atoms with E-state index < -0.39 is 0 Å². The number of thiocarbonyl (C=S) groups is 1. The molecule has 0 bridgehead atoms. The van der Waals surface area contributed by atoms with Gasteiger partial charge in [0.2, 0.25) is 0 Å². The lowest BCUT2D eigenvalue weighted by molar-refractivity contribution is 0.0746. The Morgan fingerprint density at radius 1 is 0.882 bits per heavy atom. The zero-order valence-electron chi connectivity index (χ0n) is 18.1. The van der Waals surface area contributed by atoms with Crippen LogP contribution in [-0.4, -0.2) is 48.0 Å². The summed E-state index contributed by atoms with van der Waals surface area (Å²) in [5.74, 6) is -0.221. The van der Waals surface area contributed by atoms with Crippen molar-refractivity contribution in [3.05, 3.63) is 92.5 Å². The number of piperazine rings is 1. The second-order valence-electron chi connectivity index (χ2n) is 7.72. The van der Waals surface area contributed by atoms with Crippen LogP contribution in [0.2, 0.25) is 5.02 Å². The molecule has 0 unspecified atom stereocenters. The molecule has 0 spiro atoms. The molecule has 1 heterocycles. The van der Waals surface area contributed by atoms with Gasteiger partial charge >= 0.3 is 0 Å². The van der Waals surface area contributed by atoms with Crippen molar-refractivity contribution in [3.63, 3.8) is 0 Å². The molecule has 3 aromatic carbocycles. The average Bonchev–Trinajstić information content (AvgIpc) is 2.85. The van der Waals surface area contributed by atoms with Gasteiger partial charge in [0.1, 0.15) is 0 Å². The van der Waals surface area contributed by atoms with Crippen molar-refractivity contribution in [2.45, 2.75) is 0 Å². The molecule has 1 saturated heterocycles. The normalized spacial score (nSPS) is 13.4. The second kappa shape index (κ2) is 11.2. The summed E-state index contributed by atoms with van der Waals surface area (Å²) < 4.78 is 0.861. The van der Waals surface area contributed by atoms with Crippen LogP contribution in [0.1, 0.15) is 20.7 Å². The molecular weight excluding hydrogens is 583 g/mol. The summed E-state index contributed by atoms with van der Waals surface area (Å²) in [6.07, 6.45) is 0. The third-order valence-electron chi connectivity index (χ3n) is 5.49. The van der Waals surface area contributed by atoms with Gasteiger partial charge in [-0.1, -0.05) is 23.7 Å². The van der Waals surface area contributed by atoms with Crippen LogP contribution in [0.5, 0.6) is 0 Å². The van der Waals surface area contributed by atoms with Crippen LogP contribution in [0.15, 0.2) is 72.8 Å². The minimum Gasteiger partial charge on any atom is -0.368 e. The van der Waals surface area contributed by atoms with Crippen LogP contribution in [-0.2, 0) is 0 Å². The summed E-state index contributed by atoms with van der Waals surface area (Å²) in [5, 5.41) is 6.63. The van der Waals surface area contributed by atoms with Crippen molar-refractivity contribution in [2.24, 2.45) is 0 Å². The first-order valence-electron chi connectivity index (χ1n) is 10.7. The van der Waals surface area contributed by atoms with E-state index in [0.29, 0.717) is 29.2 Å². The molecule has 34 heavy (non-hydrogen) atoms. The van der Waals surface area contributed by atoms with E-state index in [-0.39, 0.29) is 16.9 Å². The van der Waals surface area contributed by atoms with Crippen molar-refractivity contribution < 1.29 is 9.59 Å². The molecule has 1 aliphatic heterocycles. The topological polar surface area (TPSA) is 64.7 Å². The highest BCUT2D eigenvalue weighted by atomic mass is 127. The van der Waals surface area contributed by atoms with E-state index in [9.17, 15) is 9.59 Å². The second-order valence-corrected chi connectivity index (χ2v) is 9.73. The van der Waals surface area contributed by atoms with Gasteiger partial charge in [0.25, 0.3) is 11.8 Å². The largest absolute Gasteiger partial charge is 0.368 e. The van der Waals surface area contributed by atoms with Crippen LogP contribution >= 0.6 is 46.4 Å². The minimum atomic E-state index is -0.245. The molecule has 0 atom stereocenters. The van der Waals surface area contributed by atoms with Crippen molar-refractivity contribution in [3.8, 4) is 0 Å². The number of halogens is 2. The fraction of sp³-hybridized carbons (Fsp3) is 0.160. The number of hydrogen-bond donors (Lipinski definition) is 2. The van der Waals surface area contributed by atoms with Crippen LogP contribution in [0.3, 0.4) is 0 Å². The number of rotatable bonds is 4. The van der Waals surface area contributed by atoms with E-state index in [4.69, 9.17) is 23.8 Å². The molecule has 4 rings (SSSR count). The van der Waals surface area contributed by atoms with E-state index in [1.54, 1.807) is 30.3 Å². The van der Waals surface area contributed by atoms with Crippen LogP contribution in [0.25, 0.3) is 0 Å². The summed E-state index contributed by atoms with van der Waals surface area (Å²) in [6.45, 7) is 2.79. The Bertz CT molecular complexity index is 1200. The van der Waals surface area contributed by atoms with E-state index in [2.05, 4.69) is 38.1 Å². The highest BCUT2D eigenvalue weighted by molar-refractivity contribution is 14.1. The Kier molecular flexibility index (Phi) is 8.02. The molecule has 174 valence electrons. The van der Waals surface area contributed by atoms with Crippen molar-refractivity contribution in [2.75, 3.05) is 36.4 Å². The lowest BCUT2D eigenvalue weighted by Crippen LogP contribution is -2.48. The predicted octanol–water partition coefficient (Wildman–Crippen LogP) is 5.03. The maximum absolute atomic E-state index is 12.7. The highest BCUT2D eigenvalue weighted by Crippen LogP contribution is 2.21. The monoisotopic (exact) mass is 604 g/mol. The van der Waals surface area contributed by atoms with Gasteiger partial charge in [0, 0.05) is 51.7 Å². The SMILES string of the molecule is O=C(NC(=S)Nc1ccc(N2CCN(C(=O)c3ccc(Cl)cc3)CC2)cc1)c1ccccc1I. The molecule has 6 nitrogen and oxygen atoms in total. The first-order chi connectivity index (χ1) is 16.4. The zero-order chi connectivity index (χ0) is 24.1. The summed E-state index contributed by atoms with van der Waals surface area (Å²) >= 11 is 13.3. The summed E-state index contributed by atoms with van der Waals surface area (Å²) in [5.41, 5.74) is 3.08. The van der Waals surface area contributed by atoms with Gasteiger partial charge in [-0.3, -0.25) is 14.9 Å². The Morgan fingerprint density at radius 2 is 1.53 bits per heavy atom. The molecule has 2 N–H and O–H groups in total. The van der Waals surface area contributed by atoms with Crippen LogP contribution in [0, 0.1) is 3.57 Å². The van der Waals surface area contributed by atoms with Gasteiger partial charge in [0.15, 0.2) is 5.11 Å². The fourth-order valence-electron chi connectivity index (χ4n) is 3.68. The number of hydrogen-bond acceptors (Lipinski definition) is 4. The Balaban J connectivity index is 1.29. The van der Waals surface area contributed by atoms with Crippen molar-refractivity contribution in [1.82, 2.24) is 10.2 Å². The molecule has 1 aliphatic rings. The quantitative estimate of drug-likeness (QED) is 0.323. The number of amides is 2. The third-order valence-corrected chi connectivity index (χ3v) is 6.89. The maximum atomic E-state index is 12.7. The first kappa shape index (κ1) is 24.4. The van der Waals surface area contributed by atoms with Gasteiger partial charge in [0.05, 0.1) is 5.56 Å².